The predicted octanol–water partition coefficient (Wildman–Crippen LogP) is 1.51. The average molecular weight is 246 g/mol. The van der Waals surface area contributed by atoms with E-state index in [1.807, 2.05) is 6.20 Å². The molecule has 0 N–H and O–H groups in total. The molecule has 0 fully saturated rings. The molecule has 0 bridgehead atoms. The van der Waals surface area contributed by atoms with Gasteiger partial charge in [0.2, 0.25) is 0 Å². The molecule has 0 saturated carbocycles. The van der Waals surface area contributed by atoms with E-state index in [-0.39, 0.29) is 0 Å². The first-order chi connectivity index (χ1) is 4.33. The third-order valence-corrected chi connectivity index (χ3v) is 2.14. The summed E-state index contributed by atoms with van der Waals surface area (Å²) in [6, 6.07) is 2.06. The Hall–Kier alpha value is 0.188. The molecule has 1 aromatic rings. The molecule has 0 atom stereocenters. The molecule has 0 aliphatic carbocycles. The summed E-state index contributed by atoms with van der Waals surface area (Å²) in [6.45, 7) is 0. The molecule has 46 valence electrons. The van der Waals surface area contributed by atoms with Crippen molar-refractivity contribution in [2.45, 2.75) is 5.21 Å². The van der Waals surface area contributed by atoms with Crippen molar-refractivity contribution in [3.05, 3.63) is 28.5 Å². The van der Waals surface area contributed by atoms with Crippen LogP contribution in [0.4, 0.5) is 0 Å². The molecular formula is C6H5AsBrN. The van der Waals surface area contributed by atoms with Crippen molar-refractivity contribution in [1.29, 1.82) is 0 Å². The average Bonchev–Trinajstić information content (AvgIpc) is 1.88. The first-order valence-corrected chi connectivity index (χ1v) is 4.65. The summed E-state index contributed by atoms with van der Waals surface area (Å²) in [6.07, 6.45) is 3.65. The van der Waals surface area contributed by atoms with Gasteiger partial charge in [-0.3, -0.25) is 0 Å². The minimum absolute atomic E-state index is 0.986. The van der Waals surface area contributed by atoms with Gasteiger partial charge in [0.1, 0.15) is 0 Å². The zero-order valence-electron chi connectivity index (χ0n) is 4.71. The van der Waals surface area contributed by atoms with E-state index in [1.54, 1.807) is 6.20 Å². The summed E-state index contributed by atoms with van der Waals surface area (Å²) in [7, 11) is 0. The van der Waals surface area contributed by atoms with E-state index in [1.165, 1.54) is 5.56 Å². The molecule has 0 amide bonds. The second-order valence-electron chi connectivity index (χ2n) is 1.67. The van der Waals surface area contributed by atoms with Gasteiger partial charge in [-0.2, -0.15) is 0 Å². The summed E-state index contributed by atoms with van der Waals surface area (Å²) < 4.78 is 1.05. The first kappa shape index (κ1) is 7.30. The van der Waals surface area contributed by atoms with Gasteiger partial charge in [-0.1, -0.05) is 0 Å². The van der Waals surface area contributed by atoms with Crippen LogP contribution in [0.5, 0.6) is 0 Å². The Balaban J connectivity index is 2.94. The van der Waals surface area contributed by atoms with Gasteiger partial charge in [-0.15, -0.1) is 0 Å². The standard InChI is InChI=1S/C6H5AsBrN/c7-2-5-1-6(8)4-9-3-5/h1,3-4H,2H2. The van der Waals surface area contributed by atoms with Crippen LogP contribution >= 0.6 is 15.9 Å². The van der Waals surface area contributed by atoms with Crippen LogP contribution in [0.3, 0.4) is 0 Å². The van der Waals surface area contributed by atoms with E-state index in [0.29, 0.717) is 0 Å². The third kappa shape index (κ3) is 2.11. The molecule has 0 saturated heterocycles. The van der Waals surface area contributed by atoms with Gasteiger partial charge in [0, 0.05) is 0 Å². The number of hydrogen-bond acceptors (Lipinski definition) is 1. The molecule has 1 heterocycles. The summed E-state index contributed by atoms with van der Waals surface area (Å²) in [5.74, 6) is 0. The number of nitrogens with zero attached hydrogens (tertiary/aromatic N) is 1. The van der Waals surface area contributed by atoms with Crippen molar-refractivity contribution in [2.75, 3.05) is 0 Å². The van der Waals surface area contributed by atoms with E-state index < -0.39 is 0 Å². The molecule has 0 spiro atoms. The van der Waals surface area contributed by atoms with Crippen LogP contribution in [0.2, 0.25) is 0 Å². The van der Waals surface area contributed by atoms with Crippen LogP contribution in [0, 0.1) is 0 Å². The topological polar surface area (TPSA) is 12.9 Å². The molecule has 0 aliphatic rings. The Kier molecular flexibility index (Phi) is 2.74. The van der Waals surface area contributed by atoms with Crippen molar-refractivity contribution in [1.82, 2.24) is 4.98 Å². The molecule has 9 heavy (non-hydrogen) atoms. The number of halogens is 1. The number of hydrogen-bond donors (Lipinski definition) is 0. The molecule has 1 nitrogen and oxygen atoms in total. The second kappa shape index (κ2) is 3.38. The van der Waals surface area contributed by atoms with Gasteiger partial charge in [-0.05, 0) is 0 Å². The van der Waals surface area contributed by atoms with Gasteiger partial charge in [-0.25, -0.2) is 0 Å². The van der Waals surface area contributed by atoms with E-state index in [0.717, 1.165) is 9.68 Å². The molecular weight excluding hydrogens is 241 g/mol. The van der Waals surface area contributed by atoms with Crippen molar-refractivity contribution < 1.29 is 0 Å². The number of rotatable bonds is 1. The fourth-order valence-corrected chi connectivity index (χ4v) is 1.32. The fraction of sp³-hybridized carbons (Fsp3) is 0.167. The molecule has 1 rings (SSSR count). The maximum atomic E-state index is 4.00. The Morgan fingerprint density at radius 2 is 2.33 bits per heavy atom. The van der Waals surface area contributed by atoms with Crippen molar-refractivity contribution in [3.8, 4) is 0 Å². The van der Waals surface area contributed by atoms with Crippen LogP contribution in [0.1, 0.15) is 5.56 Å². The van der Waals surface area contributed by atoms with E-state index in [9.17, 15) is 0 Å². The third-order valence-electron chi connectivity index (χ3n) is 0.944. The molecule has 3 heteroatoms. The van der Waals surface area contributed by atoms with E-state index in [4.69, 9.17) is 0 Å². The Morgan fingerprint density at radius 1 is 1.56 bits per heavy atom. The van der Waals surface area contributed by atoms with Crippen LogP contribution < -0.4 is 0 Å². The summed E-state index contributed by atoms with van der Waals surface area (Å²) in [5, 5.41) is 0.986. The van der Waals surface area contributed by atoms with E-state index in [2.05, 4.69) is 43.8 Å². The Bertz CT molecular complexity index is 202. The quantitative estimate of drug-likeness (QED) is 0.684. The molecule has 2 radical (unpaired) electrons. The number of aromatic nitrogens is 1. The van der Waals surface area contributed by atoms with Crippen LogP contribution in [-0.4, -0.2) is 21.8 Å². The maximum absolute atomic E-state index is 4.00. The second-order valence-corrected chi connectivity index (χ2v) is 3.25. The zero-order chi connectivity index (χ0) is 6.69. The van der Waals surface area contributed by atoms with Gasteiger partial charge < -0.3 is 0 Å². The summed E-state index contributed by atoms with van der Waals surface area (Å²) >= 11 is 5.85. The monoisotopic (exact) mass is 245 g/mol. The minimum atomic E-state index is 0.986. The molecule has 0 aliphatic heterocycles. The Morgan fingerprint density at radius 3 is 2.78 bits per heavy atom. The van der Waals surface area contributed by atoms with Crippen LogP contribution in [-0.2, 0) is 5.21 Å². The van der Waals surface area contributed by atoms with Gasteiger partial charge >= 0.3 is 71.5 Å². The van der Waals surface area contributed by atoms with Crippen LogP contribution in [0.25, 0.3) is 0 Å². The molecule has 1 aromatic heterocycles. The molecule has 0 aromatic carbocycles. The van der Waals surface area contributed by atoms with Crippen molar-refractivity contribution >= 4 is 32.8 Å². The van der Waals surface area contributed by atoms with E-state index >= 15 is 0 Å². The van der Waals surface area contributed by atoms with Gasteiger partial charge in [0.15, 0.2) is 0 Å². The fourth-order valence-electron chi connectivity index (χ4n) is 0.542. The van der Waals surface area contributed by atoms with Crippen molar-refractivity contribution in [2.24, 2.45) is 0 Å². The zero-order valence-corrected chi connectivity index (χ0v) is 8.17. The van der Waals surface area contributed by atoms with Gasteiger partial charge in [0.05, 0.1) is 0 Å². The first-order valence-electron chi connectivity index (χ1n) is 2.53. The molecule has 0 unspecified atom stereocenters. The number of pyridine rings is 1. The SMILES string of the molecule is [As]Cc1cncc(Br)c1. The summed E-state index contributed by atoms with van der Waals surface area (Å²) in [4.78, 5) is 4.00. The summed E-state index contributed by atoms with van der Waals surface area (Å²) in [5.41, 5.74) is 1.24. The van der Waals surface area contributed by atoms with Crippen molar-refractivity contribution in [3.63, 3.8) is 0 Å². The van der Waals surface area contributed by atoms with Crippen LogP contribution in [0.15, 0.2) is 22.9 Å². The normalized spacial score (nSPS) is 9.56. The van der Waals surface area contributed by atoms with Gasteiger partial charge in [0.25, 0.3) is 0 Å². The Labute approximate surface area is 71.5 Å². The predicted molar refractivity (Wildman–Crippen MR) is 41.4 cm³/mol.